The van der Waals surface area contributed by atoms with Crippen LogP contribution in [0.4, 0.5) is 10.1 Å². The molecule has 0 saturated heterocycles. The first-order chi connectivity index (χ1) is 12.7. The first-order valence-electron chi connectivity index (χ1n) is 8.10. The van der Waals surface area contributed by atoms with Crippen LogP contribution >= 0.6 is 0 Å². The molecule has 2 heterocycles. The van der Waals surface area contributed by atoms with E-state index >= 15 is 0 Å². The van der Waals surface area contributed by atoms with Crippen LogP contribution in [-0.2, 0) is 4.79 Å². The summed E-state index contributed by atoms with van der Waals surface area (Å²) in [7, 11) is 0. The lowest BCUT2D eigenvalue weighted by Gasteiger charge is -2.25. The van der Waals surface area contributed by atoms with Crippen LogP contribution in [0.5, 0.6) is 11.5 Å². The number of anilines is 1. The number of hydrogen-bond donors (Lipinski definition) is 1. The summed E-state index contributed by atoms with van der Waals surface area (Å²) in [5.74, 6) is 0.473. The molecule has 1 N–H and O–H groups in total. The van der Waals surface area contributed by atoms with E-state index in [1.807, 2.05) is 12.1 Å². The van der Waals surface area contributed by atoms with Crippen molar-refractivity contribution < 1.29 is 18.7 Å². The Morgan fingerprint density at radius 2 is 1.85 bits per heavy atom. The summed E-state index contributed by atoms with van der Waals surface area (Å²) in [5, 5.41) is 2.79. The number of fused-ring (bicyclic) bond motifs is 1. The predicted octanol–water partition coefficient (Wildman–Crippen LogP) is 3.67. The van der Waals surface area contributed by atoms with Crippen molar-refractivity contribution >= 4 is 11.6 Å². The first kappa shape index (κ1) is 16.1. The molecule has 3 aromatic rings. The van der Waals surface area contributed by atoms with Crippen LogP contribution in [0, 0.1) is 5.82 Å². The van der Waals surface area contributed by atoms with Gasteiger partial charge in [0.05, 0.1) is 6.20 Å². The van der Waals surface area contributed by atoms with E-state index < -0.39 is 11.9 Å². The van der Waals surface area contributed by atoms with E-state index in [1.54, 1.807) is 42.5 Å². The van der Waals surface area contributed by atoms with Gasteiger partial charge in [0.25, 0.3) is 5.91 Å². The van der Waals surface area contributed by atoms with Crippen molar-refractivity contribution in [2.24, 2.45) is 0 Å². The number of rotatable bonds is 3. The number of pyridine rings is 1. The number of para-hydroxylation sites is 2. The molecule has 0 saturated carbocycles. The standard InChI is InChI=1S/C20H15FN2O3/c21-16-11-22-10-9-15(16)13-5-7-14(8-6-13)23-20(24)19-12-25-17-3-1-2-4-18(17)26-19/h1-11,19H,12H2,(H,23,24)/t19-/m1/s1. The van der Waals surface area contributed by atoms with Gasteiger partial charge >= 0.3 is 0 Å². The number of aromatic nitrogens is 1. The molecule has 4 rings (SSSR count). The van der Waals surface area contributed by atoms with Gasteiger partial charge in [0.2, 0.25) is 6.10 Å². The second kappa shape index (κ2) is 6.84. The highest BCUT2D eigenvalue weighted by Gasteiger charge is 2.27. The third-order valence-electron chi connectivity index (χ3n) is 4.04. The molecule has 0 bridgehead atoms. The molecule has 5 nitrogen and oxygen atoms in total. The van der Waals surface area contributed by atoms with E-state index in [9.17, 15) is 9.18 Å². The Hall–Kier alpha value is -3.41. The number of nitrogens with zero attached hydrogens (tertiary/aromatic N) is 1. The average Bonchev–Trinajstić information content (AvgIpc) is 2.69. The molecule has 1 aliphatic heterocycles. The van der Waals surface area contributed by atoms with Crippen LogP contribution in [-0.4, -0.2) is 23.6 Å². The molecule has 130 valence electrons. The number of hydrogen-bond acceptors (Lipinski definition) is 4. The highest BCUT2D eigenvalue weighted by atomic mass is 19.1. The van der Waals surface area contributed by atoms with Crippen LogP contribution in [0.2, 0.25) is 0 Å². The minimum Gasteiger partial charge on any atom is -0.485 e. The number of carbonyl (C=O) groups excluding carboxylic acids is 1. The first-order valence-corrected chi connectivity index (χ1v) is 8.10. The third kappa shape index (κ3) is 3.21. The number of halogens is 1. The van der Waals surface area contributed by atoms with Crippen molar-refractivity contribution in [3.63, 3.8) is 0 Å². The smallest absolute Gasteiger partial charge is 0.269 e. The highest BCUT2D eigenvalue weighted by molar-refractivity contribution is 5.95. The maximum absolute atomic E-state index is 13.8. The van der Waals surface area contributed by atoms with Gasteiger partial charge in [-0.05, 0) is 35.9 Å². The van der Waals surface area contributed by atoms with Gasteiger partial charge in [0.15, 0.2) is 11.5 Å². The zero-order chi connectivity index (χ0) is 17.9. The zero-order valence-corrected chi connectivity index (χ0v) is 13.7. The fraction of sp³-hybridized carbons (Fsp3) is 0.100. The lowest BCUT2D eigenvalue weighted by atomic mass is 10.1. The second-order valence-corrected chi connectivity index (χ2v) is 5.79. The van der Waals surface area contributed by atoms with Crippen molar-refractivity contribution in [1.82, 2.24) is 4.98 Å². The molecule has 1 aromatic heterocycles. The van der Waals surface area contributed by atoms with E-state index in [4.69, 9.17) is 9.47 Å². The lowest BCUT2D eigenvalue weighted by Crippen LogP contribution is -2.40. The largest absolute Gasteiger partial charge is 0.485 e. The Morgan fingerprint density at radius 1 is 1.08 bits per heavy atom. The van der Waals surface area contributed by atoms with Crippen LogP contribution in [0.3, 0.4) is 0 Å². The second-order valence-electron chi connectivity index (χ2n) is 5.79. The van der Waals surface area contributed by atoms with Crippen molar-refractivity contribution in [3.05, 3.63) is 72.8 Å². The Labute approximate surface area is 149 Å². The average molecular weight is 350 g/mol. The topological polar surface area (TPSA) is 60.5 Å². The van der Waals surface area contributed by atoms with E-state index in [1.165, 1.54) is 12.4 Å². The molecule has 26 heavy (non-hydrogen) atoms. The molecule has 6 heteroatoms. The van der Waals surface area contributed by atoms with Gasteiger partial charge in [-0.2, -0.15) is 0 Å². The Morgan fingerprint density at radius 3 is 2.62 bits per heavy atom. The Kier molecular flexibility index (Phi) is 4.23. The zero-order valence-electron chi connectivity index (χ0n) is 13.7. The number of amides is 1. The van der Waals surface area contributed by atoms with Gasteiger partial charge in [-0.25, -0.2) is 4.39 Å². The summed E-state index contributed by atoms with van der Waals surface area (Å²) in [5.41, 5.74) is 1.75. The van der Waals surface area contributed by atoms with Gasteiger partial charge in [0, 0.05) is 17.4 Å². The van der Waals surface area contributed by atoms with E-state index in [2.05, 4.69) is 10.3 Å². The fourth-order valence-electron chi connectivity index (χ4n) is 2.71. The van der Waals surface area contributed by atoms with Crippen LogP contribution in [0.1, 0.15) is 0 Å². The number of ether oxygens (including phenoxy) is 2. The van der Waals surface area contributed by atoms with E-state index in [0.717, 1.165) is 0 Å². The third-order valence-corrected chi connectivity index (χ3v) is 4.04. The molecular weight excluding hydrogens is 335 g/mol. The molecule has 0 spiro atoms. The van der Waals surface area contributed by atoms with Crippen LogP contribution in [0.15, 0.2) is 67.0 Å². The summed E-state index contributed by atoms with van der Waals surface area (Å²) in [4.78, 5) is 16.1. The molecule has 1 atom stereocenters. The number of carbonyl (C=O) groups is 1. The molecule has 2 aromatic carbocycles. The molecule has 0 fully saturated rings. The van der Waals surface area contributed by atoms with Crippen LogP contribution in [0.25, 0.3) is 11.1 Å². The minimum absolute atomic E-state index is 0.142. The molecule has 1 amide bonds. The summed E-state index contributed by atoms with van der Waals surface area (Å²) in [6, 6.07) is 15.7. The Balaban J connectivity index is 1.45. The molecular formula is C20H15FN2O3. The molecule has 0 aliphatic carbocycles. The number of nitrogens with one attached hydrogen (secondary N) is 1. The minimum atomic E-state index is -0.734. The normalized spacial score (nSPS) is 15.3. The van der Waals surface area contributed by atoms with Crippen LogP contribution < -0.4 is 14.8 Å². The fourth-order valence-corrected chi connectivity index (χ4v) is 2.71. The van der Waals surface area contributed by atoms with E-state index in [-0.39, 0.29) is 12.5 Å². The van der Waals surface area contributed by atoms with E-state index in [0.29, 0.717) is 28.3 Å². The quantitative estimate of drug-likeness (QED) is 0.783. The monoisotopic (exact) mass is 350 g/mol. The summed E-state index contributed by atoms with van der Waals surface area (Å²) >= 11 is 0. The SMILES string of the molecule is O=C(Nc1ccc(-c2ccncc2F)cc1)[C@H]1COc2ccccc2O1. The van der Waals surface area contributed by atoms with Crippen molar-refractivity contribution in [3.8, 4) is 22.6 Å². The van der Waals surface area contributed by atoms with Gasteiger partial charge < -0.3 is 14.8 Å². The molecule has 1 aliphatic rings. The van der Waals surface area contributed by atoms with Gasteiger partial charge in [-0.1, -0.05) is 24.3 Å². The molecule has 0 radical (unpaired) electrons. The van der Waals surface area contributed by atoms with Crippen molar-refractivity contribution in [2.45, 2.75) is 6.10 Å². The molecule has 0 unspecified atom stereocenters. The summed E-state index contributed by atoms with van der Waals surface area (Å²) in [6.45, 7) is 0.142. The van der Waals surface area contributed by atoms with Gasteiger partial charge in [-0.15, -0.1) is 0 Å². The lowest BCUT2D eigenvalue weighted by molar-refractivity contribution is -0.125. The summed E-state index contributed by atoms with van der Waals surface area (Å²) in [6.07, 6.45) is 1.97. The van der Waals surface area contributed by atoms with Gasteiger partial charge in [0.1, 0.15) is 12.4 Å². The highest BCUT2D eigenvalue weighted by Crippen LogP contribution is 2.31. The predicted molar refractivity (Wildman–Crippen MR) is 94.6 cm³/mol. The van der Waals surface area contributed by atoms with Gasteiger partial charge in [-0.3, -0.25) is 9.78 Å². The maximum Gasteiger partial charge on any atom is 0.269 e. The summed E-state index contributed by atoms with van der Waals surface area (Å²) < 4.78 is 25.0. The van der Waals surface area contributed by atoms with Crippen molar-refractivity contribution in [1.29, 1.82) is 0 Å². The number of benzene rings is 2. The van der Waals surface area contributed by atoms with Crippen molar-refractivity contribution in [2.75, 3.05) is 11.9 Å². The maximum atomic E-state index is 13.8. The Bertz CT molecular complexity index is 944.